The molecule has 4 nitrogen and oxygen atoms in total. The van der Waals surface area contributed by atoms with Gasteiger partial charge in [0.2, 0.25) is 5.91 Å². The van der Waals surface area contributed by atoms with Gasteiger partial charge >= 0.3 is 6.61 Å². The van der Waals surface area contributed by atoms with Gasteiger partial charge in [-0.2, -0.15) is 8.78 Å². The molecule has 1 heterocycles. The quantitative estimate of drug-likeness (QED) is 0.619. The summed E-state index contributed by atoms with van der Waals surface area (Å²) >= 11 is 7.24. The van der Waals surface area contributed by atoms with Crippen LogP contribution in [0.15, 0.2) is 48.5 Å². The molecular formula is C17H11ClF2N2O2S. The highest BCUT2D eigenvalue weighted by atomic mass is 35.5. The van der Waals surface area contributed by atoms with E-state index in [9.17, 15) is 13.6 Å². The third-order valence-corrected chi connectivity index (χ3v) is 4.28. The Morgan fingerprint density at radius 1 is 1.24 bits per heavy atom. The molecule has 0 unspecified atom stereocenters. The van der Waals surface area contributed by atoms with E-state index in [1.165, 1.54) is 29.5 Å². The number of benzene rings is 2. The lowest BCUT2D eigenvalue weighted by Gasteiger charge is -2.03. The van der Waals surface area contributed by atoms with E-state index in [1.807, 2.05) is 0 Å². The summed E-state index contributed by atoms with van der Waals surface area (Å²) in [6.45, 7) is -2.86. The second-order valence-electron chi connectivity index (χ2n) is 4.90. The summed E-state index contributed by atoms with van der Waals surface area (Å²) in [7, 11) is 0. The van der Waals surface area contributed by atoms with Gasteiger partial charge in [-0.3, -0.25) is 10.1 Å². The van der Waals surface area contributed by atoms with Crippen molar-refractivity contribution in [1.29, 1.82) is 0 Å². The number of nitrogens with one attached hydrogen (secondary N) is 1. The van der Waals surface area contributed by atoms with Crippen molar-refractivity contribution in [2.75, 3.05) is 5.32 Å². The zero-order chi connectivity index (χ0) is 17.8. The minimum absolute atomic E-state index is 0.0599. The Morgan fingerprint density at radius 3 is 2.72 bits per heavy atom. The molecule has 2 aromatic carbocycles. The molecule has 25 heavy (non-hydrogen) atoms. The maximum Gasteiger partial charge on any atom is 0.387 e. The first kappa shape index (κ1) is 17.3. The monoisotopic (exact) mass is 380 g/mol. The van der Waals surface area contributed by atoms with Crippen LogP contribution in [-0.4, -0.2) is 17.5 Å². The van der Waals surface area contributed by atoms with Crippen LogP contribution in [0.5, 0.6) is 5.75 Å². The Hall–Kier alpha value is -2.51. The van der Waals surface area contributed by atoms with Crippen LogP contribution in [0.25, 0.3) is 16.3 Å². The van der Waals surface area contributed by atoms with E-state index in [4.69, 9.17) is 11.6 Å². The molecule has 0 spiro atoms. The van der Waals surface area contributed by atoms with Gasteiger partial charge in [0, 0.05) is 11.1 Å². The molecular weight excluding hydrogens is 370 g/mol. The SMILES string of the molecule is O=C(C=Cc1ccc(OC(F)F)cc1)Nc1nc2ccc(Cl)cc2s1. The minimum atomic E-state index is -2.86. The zero-order valence-electron chi connectivity index (χ0n) is 12.6. The zero-order valence-corrected chi connectivity index (χ0v) is 14.2. The van der Waals surface area contributed by atoms with Gasteiger partial charge in [0.05, 0.1) is 10.2 Å². The molecule has 0 atom stereocenters. The van der Waals surface area contributed by atoms with E-state index in [-0.39, 0.29) is 11.7 Å². The third kappa shape index (κ3) is 4.74. The average Bonchev–Trinajstić information content (AvgIpc) is 2.95. The minimum Gasteiger partial charge on any atom is -0.435 e. The standard InChI is InChI=1S/C17H11ClF2N2O2S/c18-11-4-7-13-14(9-11)25-17(21-13)22-15(23)8-3-10-1-5-12(6-2-10)24-16(19)20/h1-9,16H,(H,21,22,23). The number of amides is 1. The Kier molecular flexibility index (Phi) is 5.25. The number of aromatic nitrogens is 1. The first-order valence-electron chi connectivity index (χ1n) is 7.09. The van der Waals surface area contributed by atoms with E-state index in [1.54, 1.807) is 36.4 Å². The highest BCUT2D eigenvalue weighted by molar-refractivity contribution is 7.22. The number of alkyl halides is 2. The topological polar surface area (TPSA) is 51.2 Å². The van der Waals surface area contributed by atoms with Gasteiger partial charge in [-0.05, 0) is 42.0 Å². The predicted molar refractivity (Wildman–Crippen MR) is 95.4 cm³/mol. The van der Waals surface area contributed by atoms with Crippen molar-refractivity contribution in [2.24, 2.45) is 0 Å². The van der Waals surface area contributed by atoms with Crippen LogP contribution in [0.3, 0.4) is 0 Å². The van der Waals surface area contributed by atoms with Crippen LogP contribution in [0.4, 0.5) is 13.9 Å². The number of rotatable bonds is 5. The maximum absolute atomic E-state index is 12.1. The van der Waals surface area contributed by atoms with Crippen LogP contribution in [-0.2, 0) is 4.79 Å². The molecule has 128 valence electrons. The molecule has 0 aliphatic carbocycles. The molecule has 0 saturated heterocycles. The highest BCUT2D eigenvalue weighted by Gasteiger charge is 2.06. The lowest BCUT2D eigenvalue weighted by atomic mass is 10.2. The average molecular weight is 381 g/mol. The summed E-state index contributed by atoms with van der Waals surface area (Å²) in [6, 6.07) is 11.2. The van der Waals surface area contributed by atoms with Crippen LogP contribution in [0.1, 0.15) is 5.56 Å². The number of carbonyl (C=O) groups is 1. The fourth-order valence-electron chi connectivity index (χ4n) is 2.03. The van der Waals surface area contributed by atoms with Gasteiger partial charge < -0.3 is 4.74 Å². The normalized spacial score (nSPS) is 11.4. The second-order valence-corrected chi connectivity index (χ2v) is 6.37. The number of fused-ring (bicyclic) bond motifs is 1. The highest BCUT2D eigenvalue weighted by Crippen LogP contribution is 2.28. The number of ether oxygens (including phenoxy) is 1. The first-order chi connectivity index (χ1) is 12.0. The number of thiazole rings is 1. The van der Waals surface area contributed by atoms with Gasteiger partial charge in [0.15, 0.2) is 5.13 Å². The molecule has 0 bridgehead atoms. The van der Waals surface area contributed by atoms with Crippen molar-refractivity contribution in [3.63, 3.8) is 0 Å². The number of hydrogen-bond acceptors (Lipinski definition) is 4. The van der Waals surface area contributed by atoms with Crippen LogP contribution in [0.2, 0.25) is 5.02 Å². The molecule has 0 aliphatic heterocycles. The van der Waals surface area contributed by atoms with Crippen molar-refractivity contribution in [3.8, 4) is 5.75 Å². The van der Waals surface area contributed by atoms with E-state index < -0.39 is 6.61 Å². The van der Waals surface area contributed by atoms with Crippen molar-refractivity contribution < 1.29 is 18.3 Å². The summed E-state index contributed by atoms with van der Waals surface area (Å²) in [4.78, 5) is 16.3. The van der Waals surface area contributed by atoms with Gasteiger partial charge in [-0.1, -0.05) is 35.1 Å². The maximum atomic E-state index is 12.1. The third-order valence-electron chi connectivity index (χ3n) is 3.11. The summed E-state index contributed by atoms with van der Waals surface area (Å²) in [5, 5.41) is 3.74. The molecule has 8 heteroatoms. The second kappa shape index (κ2) is 7.58. The lowest BCUT2D eigenvalue weighted by Crippen LogP contribution is -2.07. The number of halogens is 3. The molecule has 0 fully saturated rings. The van der Waals surface area contributed by atoms with Gasteiger partial charge in [-0.25, -0.2) is 4.98 Å². The fraction of sp³-hybridized carbons (Fsp3) is 0.0588. The Labute approximate surface area is 150 Å². The van der Waals surface area contributed by atoms with Crippen molar-refractivity contribution in [1.82, 2.24) is 4.98 Å². The van der Waals surface area contributed by atoms with Crippen molar-refractivity contribution >= 4 is 50.3 Å². The predicted octanol–water partition coefficient (Wildman–Crippen LogP) is 5.20. The van der Waals surface area contributed by atoms with E-state index in [2.05, 4.69) is 15.0 Å². The van der Waals surface area contributed by atoms with E-state index in [0.717, 1.165) is 10.2 Å². The lowest BCUT2D eigenvalue weighted by molar-refractivity contribution is -0.111. The number of hydrogen-bond donors (Lipinski definition) is 1. The van der Waals surface area contributed by atoms with Crippen LogP contribution >= 0.6 is 22.9 Å². The molecule has 1 N–H and O–H groups in total. The molecule has 0 saturated carbocycles. The van der Waals surface area contributed by atoms with E-state index in [0.29, 0.717) is 15.7 Å². The summed E-state index contributed by atoms with van der Waals surface area (Å²) in [5.74, 6) is -0.289. The first-order valence-corrected chi connectivity index (χ1v) is 8.29. The Balaban J connectivity index is 1.63. The molecule has 0 radical (unpaired) electrons. The summed E-state index contributed by atoms with van der Waals surface area (Å²) in [6.07, 6.45) is 2.90. The van der Waals surface area contributed by atoms with Crippen LogP contribution in [0, 0.1) is 0 Å². The van der Waals surface area contributed by atoms with Crippen LogP contribution < -0.4 is 10.1 Å². The number of nitrogens with zero attached hydrogens (tertiary/aromatic N) is 1. The van der Waals surface area contributed by atoms with Gasteiger partial charge in [-0.15, -0.1) is 0 Å². The van der Waals surface area contributed by atoms with Gasteiger partial charge in [0.25, 0.3) is 0 Å². The summed E-state index contributed by atoms with van der Waals surface area (Å²) < 4.78 is 29.3. The van der Waals surface area contributed by atoms with E-state index >= 15 is 0 Å². The smallest absolute Gasteiger partial charge is 0.387 e. The molecule has 1 amide bonds. The number of carbonyl (C=O) groups excluding carboxylic acids is 1. The Bertz CT molecular complexity index is 926. The number of anilines is 1. The molecule has 0 aliphatic rings. The van der Waals surface area contributed by atoms with Crippen molar-refractivity contribution in [2.45, 2.75) is 6.61 Å². The van der Waals surface area contributed by atoms with Crippen molar-refractivity contribution in [3.05, 3.63) is 59.1 Å². The molecule has 1 aromatic heterocycles. The fourth-order valence-corrected chi connectivity index (χ4v) is 3.18. The largest absolute Gasteiger partial charge is 0.435 e. The molecule has 3 aromatic rings. The Morgan fingerprint density at radius 2 is 2.00 bits per heavy atom. The molecule has 3 rings (SSSR count). The summed E-state index contributed by atoms with van der Waals surface area (Å²) in [5.41, 5.74) is 1.43. The van der Waals surface area contributed by atoms with Gasteiger partial charge in [0.1, 0.15) is 5.75 Å².